The molecule has 0 saturated carbocycles. The number of amides is 1. The highest BCUT2D eigenvalue weighted by Crippen LogP contribution is 2.29. The molecular formula is C18H25ClN4O. The summed E-state index contributed by atoms with van der Waals surface area (Å²) in [5, 5.41) is 7.72. The number of halogens is 1. The number of carbonyl (C=O) groups is 1. The zero-order chi connectivity index (χ0) is 16.1. The van der Waals surface area contributed by atoms with Gasteiger partial charge in [-0.25, -0.2) is 0 Å². The summed E-state index contributed by atoms with van der Waals surface area (Å²) in [7, 11) is 1.90. The van der Waals surface area contributed by atoms with Gasteiger partial charge < -0.3 is 10.2 Å². The molecule has 2 heterocycles. The number of carbonyl (C=O) groups excluding carboxylic acids is 1. The molecule has 0 bridgehead atoms. The number of aromatic nitrogens is 2. The van der Waals surface area contributed by atoms with Crippen molar-refractivity contribution in [2.75, 3.05) is 26.7 Å². The van der Waals surface area contributed by atoms with Crippen molar-refractivity contribution in [3.8, 4) is 0 Å². The molecule has 5 nitrogen and oxygen atoms in total. The molecule has 1 N–H and O–H groups in total. The first-order chi connectivity index (χ1) is 11.2. The molecule has 0 unspecified atom stereocenters. The lowest BCUT2D eigenvalue weighted by Crippen LogP contribution is -2.55. The number of nitrogens with zero attached hydrogens (tertiary/aromatic N) is 3. The molecule has 1 aliphatic rings. The lowest BCUT2D eigenvalue weighted by Gasteiger charge is -2.39. The number of piperidine rings is 1. The zero-order valence-electron chi connectivity index (χ0n) is 14.0. The van der Waals surface area contributed by atoms with Crippen LogP contribution in [0.15, 0.2) is 48.8 Å². The van der Waals surface area contributed by atoms with E-state index in [4.69, 9.17) is 0 Å². The monoisotopic (exact) mass is 348 g/mol. The van der Waals surface area contributed by atoms with Crippen LogP contribution in [0, 0.1) is 0 Å². The SMILES string of the molecule is CN(CCc1ccccc1)C(=O)C1(n2cccn2)CCNCC1.Cl. The highest BCUT2D eigenvalue weighted by molar-refractivity contribution is 5.85. The molecule has 24 heavy (non-hydrogen) atoms. The number of nitrogens with one attached hydrogen (secondary N) is 1. The van der Waals surface area contributed by atoms with Gasteiger partial charge in [-0.05, 0) is 44.0 Å². The van der Waals surface area contributed by atoms with Gasteiger partial charge in [-0.3, -0.25) is 9.48 Å². The van der Waals surface area contributed by atoms with Crippen LogP contribution in [0.2, 0.25) is 0 Å². The van der Waals surface area contributed by atoms with Gasteiger partial charge in [-0.2, -0.15) is 5.10 Å². The third kappa shape index (κ3) is 3.79. The van der Waals surface area contributed by atoms with Crippen molar-refractivity contribution in [3.05, 3.63) is 54.4 Å². The minimum absolute atomic E-state index is 0. The van der Waals surface area contributed by atoms with Gasteiger partial charge in [0.1, 0.15) is 5.54 Å². The Balaban J connectivity index is 0.00000208. The number of rotatable bonds is 5. The highest BCUT2D eigenvalue weighted by Gasteiger charge is 2.43. The first kappa shape index (κ1) is 18.5. The molecule has 6 heteroatoms. The topological polar surface area (TPSA) is 50.2 Å². The van der Waals surface area contributed by atoms with Gasteiger partial charge in [0.05, 0.1) is 0 Å². The van der Waals surface area contributed by atoms with Crippen LogP contribution in [0.25, 0.3) is 0 Å². The van der Waals surface area contributed by atoms with E-state index in [2.05, 4.69) is 22.5 Å². The summed E-state index contributed by atoms with van der Waals surface area (Å²) in [6.45, 7) is 2.41. The fourth-order valence-electron chi connectivity index (χ4n) is 3.30. The van der Waals surface area contributed by atoms with E-state index in [1.165, 1.54) is 5.56 Å². The third-order valence-corrected chi connectivity index (χ3v) is 4.70. The van der Waals surface area contributed by atoms with Crippen molar-refractivity contribution >= 4 is 18.3 Å². The second-order valence-electron chi connectivity index (χ2n) is 6.19. The van der Waals surface area contributed by atoms with Gasteiger partial charge in [-0.1, -0.05) is 30.3 Å². The molecule has 0 spiro atoms. The Hall–Kier alpha value is -1.85. The van der Waals surface area contributed by atoms with Crippen LogP contribution in [0.5, 0.6) is 0 Å². The summed E-state index contributed by atoms with van der Waals surface area (Å²) in [5.41, 5.74) is 0.714. The Morgan fingerprint density at radius 3 is 2.58 bits per heavy atom. The Morgan fingerprint density at radius 1 is 1.25 bits per heavy atom. The van der Waals surface area contributed by atoms with E-state index in [1.807, 2.05) is 47.1 Å². The van der Waals surface area contributed by atoms with Gasteiger partial charge in [0, 0.05) is 26.0 Å². The fourth-order valence-corrected chi connectivity index (χ4v) is 3.30. The minimum atomic E-state index is -0.541. The Bertz CT molecular complexity index is 624. The van der Waals surface area contributed by atoms with Crippen LogP contribution in [0.1, 0.15) is 18.4 Å². The van der Waals surface area contributed by atoms with Crippen LogP contribution in [0.3, 0.4) is 0 Å². The van der Waals surface area contributed by atoms with Gasteiger partial charge in [0.25, 0.3) is 0 Å². The Labute approximate surface area is 149 Å². The molecule has 130 valence electrons. The summed E-state index contributed by atoms with van der Waals surface area (Å²) in [4.78, 5) is 15.0. The molecule has 1 aromatic heterocycles. The normalized spacial score (nSPS) is 16.2. The van der Waals surface area contributed by atoms with E-state index in [0.717, 1.165) is 38.9 Å². The maximum atomic E-state index is 13.2. The second-order valence-corrected chi connectivity index (χ2v) is 6.19. The molecule has 1 aliphatic heterocycles. The largest absolute Gasteiger partial charge is 0.343 e. The quantitative estimate of drug-likeness (QED) is 0.900. The van der Waals surface area contributed by atoms with Crippen LogP contribution in [0.4, 0.5) is 0 Å². The van der Waals surface area contributed by atoms with Crippen molar-refractivity contribution < 1.29 is 4.79 Å². The smallest absolute Gasteiger partial charge is 0.250 e. The van der Waals surface area contributed by atoms with Crippen molar-refractivity contribution in [1.82, 2.24) is 20.0 Å². The molecule has 1 saturated heterocycles. The van der Waals surface area contributed by atoms with Gasteiger partial charge in [0.2, 0.25) is 5.91 Å². The molecule has 3 rings (SSSR count). The van der Waals surface area contributed by atoms with E-state index >= 15 is 0 Å². The molecule has 0 aliphatic carbocycles. The van der Waals surface area contributed by atoms with E-state index in [-0.39, 0.29) is 18.3 Å². The average Bonchev–Trinajstić information content (AvgIpc) is 3.15. The van der Waals surface area contributed by atoms with Crippen molar-refractivity contribution in [1.29, 1.82) is 0 Å². The molecule has 2 aromatic rings. The molecule has 0 atom stereocenters. The maximum absolute atomic E-state index is 13.2. The van der Waals surface area contributed by atoms with E-state index in [1.54, 1.807) is 6.20 Å². The third-order valence-electron chi connectivity index (χ3n) is 4.70. The first-order valence-corrected chi connectivity index (χ1v) is 8.23. The summed E-state index contributed by atoms with van der Waals surface area (Å²) < 4.78 is 1.86. The predicted octanol–water partition coefficient (Wildman–Crippen LogP) is 2.08. The van der Waals surface area contributed by atoms with Gasteiger partial charge in [-0.15, -0.1) is 12.4 Å². The zero-order valence-corrected chi connectivity index (χ0v) is 14.8. The van der Waals surface area contributed by atoms with Crippen LogP contribution >= 0.6 is 12.4 Å². The predicted molar refractivity (Wildman–Crippen MR) is 97.3 cm³/mol. The summed E-state index contributed by atoms with van der Waals surface area (Å²) in [6, 6.07) is 12.2. The number of hydrogen-bond acceptors (Lipinski definition) is 3. The molecular weight excluding hydrogens is 324 g/mol. The molecule has 0 radical (unpaired) electrons. The van der Waals surface area contributed by atoms with Crippen LogP contribution in [-0.2, 0) is 16.8 Å². The standard InChI is InChI=1S/C18H24N4O.ClH/c1-21(15-8-16-6-3-2-4-7-16)17(23)18(9-12-19-13-10-18)22-14-5-11-20-22;/h2-7,11,14,19H,8-10,12-13,15H2,1H3;1H. The number of hydrogen-bond donors (Lipinski definition) is 1. The van der Waals surface area contributed by atoms with Crippen molar-refractivity contribution in [2.24, 2.45) is 0 Å². The van der Waals surface area contributed by atoms with Crippen LogP contribution < -0.4 is 5.32 Å². The molecule has 1 aromatic carbocycles. The molecule has 1 amide bonds. The number of likely N-dealkylation sites (N-methyl/N-ethyl adjacent to an activating group) is 1. The Kier molecular flexibility index (Phi) is 6.40. The summed E-state index contributed by atoms with van der Waals surface area (Å²) in [5.74, 6) is 0.165. The van der Waals surface area contributed by atoms with Gasteiger partial charge >= 0.3 is 0 Å². The second kappa shape index (κ2) is 8.31. The summed E-state index contributed by atoms with van der Waals surface area (Å²) >= 11 is 0. The Morgan fingerprint density at radius 2 is 1.96 bits per heavy atom. The summed E-state index contributed by atoms with van der Waals surface area (Å²) in [6.07, 6.45) is 6.10. The van der Waals surface area contributed by atoms with Crippen molar-refractivity contribution in [3.63, 3.8) is 0 Å². The number of benzene rings is 1. The maximum Gasteiger partial charge on any atom is 0.250 e. The lowest BCUT2D eigenvalue weighted by molar-refractivity contribution is -0.141. The van der Waals surface area contributed by atoms with Crippen LogP contribution in [-0.4, -0.2) is 47.3 Å². The van der Waals surface area contributed by atoms with E-state index in [0.29, 0.717) is 0 Å². The van der Waals surface area contributed by atoms with E-state index < -0.39 is 5.54 Å². The minimum Gasteiger partial charge on any atom is -0.343 e. The van der Waals surface area contributed by atoms with Gasteiger partial charge in [0.15, 0.2) is 0 Å². The lowest BCUT2D eigenvalue weighted by atomic mass is 9.87. The average molecular weight is 349 g/mol. The molecule has 1 fully saturated rings. The first-order valence-electron chi connectivity index (χ1n) is 8.23. The van der Waals surface area contributed by atoms with E-state index in [9.17, 15) is 4.79 Å². The highest BCUT2D eigenvalue weighted by atomic mass is 35.5. The van der Waals surface area contributed by atoms with Crippen molar-refractivity contribution in [2.45, 2.75) is 24.8 Å². The fraction of sp³-hybridized carbons (Fsp3) is 0.444.